The van der Waals surface area contributed by atoms with Crippen LogP contribution in [0.3, 0.4) is 0 Å². The molecule has 0 saturated carbocycles. The van der Waals surface area contributed by atoms with Crippen LogP contribution in [0.2, 0.25) is 0 Å². The number of aromatic amines is 1. The Balaban J connectivity index is 1.18. The minimum absolute atomic E-state index is 0.177. The highest BCUT2D eigenvalue weighted by atomic mass is 19.4. The van der Waals surface area contributed by atoms with Crippen LogP contribution in [0.1, 0.15) is 55.3 Å². The van der Waals surface area contributed by atoms with Crippen LogP contribution in [0.15, 0.2) is 18.2 Å². The molecule has 1 amide bonds. The van der Waals surface area contributed by atoms with Crippen LogP contribution in [0.25, 0.3) is 10.9 Å². The number of carbonyl (C=O) groups is 1. The minimum Gasteiger partial charge on any atom is -0.381 e. The molecule has 1 aromatic heterocycles. The number of halogens is 3. The van der Waals surface area contributed by atoms with Crippen LogP contribution in [0, 0.1) is 17.3 Å². The summed E-state index contributed by atoms with van der Waals surface area (Å²) in [7, 11) is 0. The summed E-state index contributed by atoms with van der Waals surface area (Å²) in [4.78, 5) is 21.6. The van der Waals surface area contributed by atoms with Gasteiger partial charge in [-0.3, -0.25) is 4.79 Å². The van der Waals surface area contributed by atoms with E-state index < -0.39 is 11.7 Å². The van der Waals surface area contributed by atoms with Crippen LogP contribution in [0.4, 0.5) is 13.2 Å². The van der Waals surface area contributed by atoms with E-state index in [9.17, 15) is 18.0 Å². The zero-order chi connectivity index (χ0) is 26.5. The van der Waals surface area contributed by atoms with Crippen molar-refractivity contribution in [2.75, 3.05) is 59.2 Å². The van der Waals surface area contributed by atoms with Gasteiger partial charge in [-0.15, -0.1) is 0 Å². The Hall–Kier alpha value is -2.10. The first kappa shape index (κ1) is 26.1. The Kier molecular flexibility index (Phi) is 6.97. The van der Waals surface area contributed by atoms with E-state index in [0.29, 0.717) is 51.4 Å². The highest BCUT2D eigenvalue weighted by Crippen LogP contribution is 2.47. The lowest BCUT2D eigenvalue weighted by Crippen LogP contribution is -2.52. The second-order valence-electron chi connectivity index (χ2n) is 11.8. The molecule has 4 heterocycles. The minimum atomic E-state index is -4.35. The number of hydrogen-bond acceptors (Lipinski definition) is 4. The number of likely N-dealkylation sites (tertiary alicyclic amines) is 1. The number of aromatic nitrogens is 1. The van der Waals surface area contributed by atoms with Crippen LogP contribution < -0.4 is 0 Å². The number of rotatable bonds is 4. The second-order valence-corrected chi connectivity index (χ2v) is 11.8. The summed E-state index contributed by atoms with van der Waals surface area (Å²) in [5, 5.41) is 0.718. The molecule has 0 bridgehead atoms. The number of ether oxygens (including phenoxy) is 2. The number of hydrogen-bond donors (Lipinski definition) is 1. The number of morpholine rings is 1. The summed E-state index contributed by atoms with van der Waals surface area (Å²) >= 11 is 0. The molecule has 0 radical (unpaired) electrons. The maximum Gasteiger partial charge on any atom is 0.416 e. The molecule has 6 rings (SSSR count). The van der Waals surface area contributed by atoms with Gasteiger partial charge >= 0.3 is 6.18 Å². The van der Waals surface area contributed by atoms with Crippen molar-refractivity contribution in [2.45, 2.75) is 51.1 Å². The van der Waals surface area contributed by atoms with E-state index in [2.05, 4.69) is 16.8 Å². The molecule has 3 fully saturated rings. The molecule has 3 saturated heterocycles. The van der Waals surface area contributed by atoms with Crippen molar-refractivity contribution < 1.29 is 27.4 Å². The van der Waals surface area contributed by atoms with Gasteiger partial charge < -0.3 is 24.3 Å². The van der Waals surface area contributed by atoms with E-state index in [1.807, 2.05) is 4.90 Å². The average molecular weight is 534 g/mol. The molecule has 0 spiro atoms. The Morgan fingerprint density at radius 2 is 1.84 bits per heavy atom. The number of amides is 1. The summed E-state index contributed by atoms with van der Waals surface area (Å²) in [5.41, 5.74) is 2.02. The van der Waals surface area contributed by atoms with Crippen molar-refractivity contribution >= 4 is 16.8 Å². The maximum absolute atomic E-state index is 13.7. The topological polar surface area (TPSA) is 57.8 Å². The number of benzene rings is 1. The van der Waals surface area contributed by atoms with Gasteiger partial charge in [0.1, 0.15) is 0 Å². The van der Waals surface area contributed by atoms with Gasteiger partial charge in [-0.05, 0) is 86.7 Å². The maximum atomic E-state index is 13.7. The summed E-state index contributed by atoms with van der Waals surface area (Å²) in [5.74, 6) is 1.35. The Morgan fingerprint density at radius 3 is 2.58 bits per heavy atom. The fraction of sp³-hybridized carbons (Fsp3) is 0.690. The van der Waals surface area contributed by atoms with Gasteiger partial charge in [0.2, 0.25) is 5.91 Å². The van der Waals surface area contributed by atoms with E-state index >= 15 is 0 Å². The van der Waals surface area contributed by atoms with Crippen LogP contribution >= 0.6 is 0 Å². The van der Waals surface area contributed by atoms with E-state index in [1.165, 1.54) is 12.1 Å². The third-order valence-electron chi connectivity index (χ3n) is 9.81. The number of fused-ring (bicyclic) bond motifs is 4. The van der Waals surface area contributed by atoms with E-state index in [1.54, 1.807) is 6.07 Å². The summed E-state index contributed by atoms with van der Waals surface area (Å²) in [6.45, 7) is 8.76. The number of piperidine rings is 1. The van der Waals surface area contributed by atoms with Gasteiger partial charge in [-0.25, -0.2) is 0 Å². The third-order valence-corrected chi connectivity index (χ3v) is 9.81. The van der Waals surface area contributed by atoms with Crippen LogP contribution in [-0.2, 0) is 26.9 Å². The predicted molar refractivity (Wildman–Crippen MR) is 138 cm³/mol. The van der Waals surface area contributed by atoms with E-state index in [0.717, 1.165) is 73.9 Å². The second kappa shape index (κ2) is 10.1. The van der Waals surface area contributed by atoms with Gasteiger partial charge in [-0.1, -0.05) is 6.92 Å². The van der Waals surface area contributed by atoms with Crippen molar-refractivity contribution in [2.24, 2.45) is 17.3 Å². The zero-order valence-corrected chi connectivity index (χ0v) is 22.1. The molecule has 1 aromatic carbocycles. The van der Waals surface area contributed by atoms with Crippen molar-refractivity contribution in [3.63, 3.8) is 0 Å². The van der Waals surface area contributed by atoms with Crippen LogP contribution in [-0.4, -0.2) is 79.8 Å². The SMILES string of the molecule is C[C@H]1c2c([nH]c3ccc(C(F)(F)F)cc23)C[C@H]2CCN(CCC3(C(=O)N4CCOCC4)CCOCC3)C[C@@H]21. The van der Waals surface area contributed by atoms with E-state index in [4.69, 9.17) is 9.47 Å². The molecule has 3 aliphatic heterocycles. The molecule has 3 atom stereocenters. The lowest BCUT2D eigenvalue weighted by atomic mass is 9.68. The molecule has 1 N–H and O–H groups in total. The van der Waals surface area contributed by atoms with Crippen LogP contribution in [0.5, 0.6) is 0 Å². The molecule has 2 aromatic rings. The highest BCUT2D eigenvalue weighted by molar-refractivity contribution is 5.86. The molecule has 9 heteroatoms. The lowest BCUT2D eigenvalue weighted by molar-refractivity contribution is -0.153. The standard InChI is InChI=1S/C29H38F3N3O3/c1-19-23-18-34(9-5-28(6-12-37-13-7-28)27(36)35-10-14-38-15-11-35)8-4-20(23)16-25-26(19)22-17-21(29(30,31)32)2-3-24(22)33-25/h2-3,17,19-20,23,33H,4-16,18H2,1H3/t19-,20-,23-/m1/s1. The monoisotopic (exact) mass is 533 g/mol. The Bertz CT molecular complexity index is 1170. The van der Waals surface area contributed by atoms with Crippen molar-refractivity contribution in [1.82, 2.24) is 14.8 Å². The summed E-state index contributed by atoms with van der Waals surface area (Å²) < 4.78 is 51.5. The quantitative estimate of drug-likeness (QED) is 0.612. The normalized spacial score (nSPS) is 28.2. The first-order valence-electron chi connectivity index (χ1n) is 14.1. The third kappa shape index (κ3) is 4.75. The highest BCUT2D eigenvalue weighted by Gasteiger charge is 2.44. The van der Waals surface area contributed by atoms with Crippen molar-refractivity contribution in [3.05, 3.63) is 35.0 Å². The Morgan fingerprint density at radius 1 is 1.11 bits per heavy atom. The zero-order valence-electron chi connectivity index (χ0n) is 22.1. The molecule has 6 nitrogen and oxygen atoms in total. The lowest BCUT2D eigenvalue weighted by Gasteiger charge is -2.46. The molecule has 1 aliphatic carbocycles. The fourth-order valence-corrected chi connectivity index (χ4v) is 7.53. The van der Waals surface area contributed by atoms with Gasteiger partial charge in [-0.2, -0.15) is 13.2 Å². The van der Waals surface area contributed by atoms with Crippen molar-refractivity contribution in [1.29, 1.82) is 0 Å². The van der Waals surface area contributed by atoms with Gasteiger partial charge in [0.15, 0.2) is 0 Å². The first-order valence-corrected chi connectivity index (χ1v) is 14.1. The summed E-state index contributed by atoms with van der Waals surface area (Å²) in [6, 6.07) is 4.08. The largest absolute Gasteiger partial charge is 0.416 e. The molecule has 4 aliphatic rings. The smallest absolute Gasteiger partial charge is 0.381 e. The van der Waals surface area contributed by atoms with Crippen molar-refractivity contribution in [3.8, 4) is 0 Å². The summed E-state index contributed by atoms with van der Waals surface area (Å²) in [6.07, 6.45) is -0.0274. The first-order chi connectivity index (χ1) is 18.2. The predicted octanol–water partition coefficient (Wildman–Crippen LogP) is 4.83. The molecular weight excluding hydrogens is 495 g/mol. The Labute approximate surface area is 221 Å². The number of nitrogens with zero attached hydrogens (tertiary/aromatic N) is 2. The molecule has 0 unspecified atom stereocenters. The number of H-pyrrole nitrogens is 1. The number of nitrogens with one attached hydrogen (secondary N) is 1. The van der Waals surface area contributed by atoms with Gasteiger partial charge in [0.05, 0.1) is 24.2 Å². The van der Waals surface area contributed by atoms with Gasteiger partial charge in [0, 0.05) is 49.4 Å². The van der Waals surface area contributed by atoms with E-state index in [-0.39, 0.29) is 17.2 Å². The average Bonchev–Trinajstić information content (AvgIpc) is 3.30. The molecular formula is C29H38F3N3O3. The molecule has 208 valence electrons. The molecule has 38 heavy (non-hydrogen) atoms. The number of alkyl halides is 3. The number of carbonyl (C=O) groups excluding carboxylic acids is 1. The fourth-order valence-electron chi connectivity index (χ4n) is 7.53. The van der Waals surface area contributed by atoms with Gasteiger partial charge in [0.25, 0.3) is 0 Å².